The minimum atomic E-state index is -4.79. The predicted molar refractivity (Wildman–Crippen MR) is 103 cm³/mol. The molecule has 0 spiro atoms. The van der Waals surface area contributed by atoms with Crippen LogP contribution in [0.25, 0.3) is 11.3 Å². The Bertz CT molecular complexity index is 1010. The van der Waals surface area contributed by atoms with E-state index in [1.807, 2.05) is 6.92 Å². The smallest absolute Gasteiger partial charge is 0.406 e. The molecule has 0 unspecified atom stereocenters. The zero-order valence-electron chi connectivity index (χ0n) is 15.6. The highest BCUT2D eigenvalue weighted by Gasteiger charge is 2.31. The van der Waals surface area contributed by atoms with Gasteiger partial charge in [-0.05, 0) is 49.7 Å². The number of hydrogen-bond acceptors (Lipinski definition) is 5. The van der Waals surface area contributed by atoms with Crippen LogP contribution in [0.1, 0.15) is 12.5 Å². The lowest BCUT2D eigenvalue weighted by atomic mass is 10.1. The van der Waals surface area contributed by atoms with Crippen molar-refractivity contribution in [2.24, 2.45) is 0 Å². The Morgan fingerprint density at radius 2 is 1.83 bits per heavy atom. The molecule has 29 heavy (non-hydrogen) atoms. The maximum Gasteiger partial charge on any atom is 0.573 e. The van der Waals surface area contributed by atoms with Crippen molar-refractivity contribution in [3.8, 4) is 17.0 Å². The second-order valence-corrected chi connectivity index (χ2v) is 6.16. The number of hydrogen-bond donors (Lipinski definition) is 2. The van der Waals surface area contributed by atoms with Gasteiger partial charge in [0.1, 0.15) is 17.4 Å². The summed E-state index contributed by atoms with van der Waals surface area (Å²) in [5.74, 6) is 0.0311. The first-order valence-electron chi connectivity index (χ1n) is 8.76. The number of aromatic nitrogens is 2. The highest BCUT2D eigenvalue weighted by Crippen LogP contribution is 2.29. The van der Waals surface area contributed by atoms with E-state index in [1.165, 1.54) is 24.3 Å². The van der Waals surface area contributed by atoms with Crippen molar-refractivity contribution in [2.75, 3.05) is 17.2 Å². The molecule has 0 saturated carbocycles. The summed E-state index contributed by atoms with van der Waals surface area (Å²) in [7, 11) is 0. The van der Waals surface area contributed by atoms with Gasteiger partial charge in [-0.2, -0.15) is 4.98 Å². The van der Waals surface area contributed by atoms with Gasteiger partial charge in [-0.15, -0.1) is 13.2 Å². The van der Waals surface area contributed by atoms with E-state index in [-0.39, 0.29) is 11.6 Å². The third kappa shape index (κ3) is 5.56. The first-order valence-corrected chi connectivity index (χ1v) is 8.76. The van der Waals surface area contributed by atoms with Gasteiger partial charge in [0.25, 0.3) is 0 Å². The second-order valence-electron chi connectivity index (χ2n) is 6.16. The molecule has 0 fully saturated rings. The van der Waals surface area contributed by atoms with Crippen LogP contribution in [0, 0.1) is 12.7 Å². The summed E-state index contributed by atoms with van der Waals surface area (Å²) in [5.41, 5.74) is 1.90. The van der Waals surface area contributed by atoms with Crippen molar-refractivity contribution in [1.82, 2.24) is 9.97 Å². The van der Waals surface area contributed by atoms with Crippen molar-refractivity contribution in [3.05, 3.63) is 59.9 Å². The third-order valence-electron chi connectivity index (χ3n) is 3.85. The molecule has 2 aromatic carbocycles. The predicted octanol–water partition coefficient (Wildman–Crippen LogP) is 5.67. The molecule has 9 heteroatoms. The summed E-state index contributed by atoms with van der Waals surface area (Å²) >= 11 is 0. The Morgan fingerprint density at radius 1 is 1.03 bits per heavy atom. The molecule has 0 atom stereocenters. The van der Waals surface area contributed by atoms with Gasteiger partial charge in [0.05, 0.1) is 5.69 Å². The Morgan fingerprint density at radius 3 is 2.52 bits per heavy atom. The molecule has 152 valence electrons. The van der Waals surface area contributed by atoms with Gasteiger partial charge in [-0.3, -0.25) is 0 Å². The molecular formula is C20H18F4N4O. The fourth-order valence-corrected chi connectivity index (χ4v) is 2.62. The molecule has 5 nitrogen and oxygen atoms in total. The van der Waals surface area contributed by atoms with Gasteiger partial charge >= 0.3 is 6.36 Å². The molecule has 0 radical (unpaired) electrons. The summed E-state index contributed by atoms with van der Waals surface area (Å²) in [6.07, 6.45) is -4.79. The molecule has 0 bridgehead atoms. The van der Waals surface area contributed by atoms with Crippen LogP contribution in [0.4, 0.5) is 35.0 Å². The van der Waals surface area contributed by atoms with E-state index in [1.54, 1.807) is 31.2 Å². The van der Waals surface area contributed by atoms with Crippen molar-refractivity contribution in [2.45, 2.75) is 20.2 Å². The summed E-state index contributed by atoms with van der Waals surface area (Å²) in [6, 6.07) is 11.6. The van der Waals surface area contributed by atoms with Crippen LogP contribution in [0.3, 0.4) is 0 Å². The zero-order valence-corrected chi connectivity index (χ0v) is 15.6. The van der Waals surface area contributed by atoms with Crippen molar-refractivity contribution in [3.63, 3.8) is 0 Å². The maximum atomic E-state index is 13.5. The van der Waals surface area contributed by atoms with Gasteiger partial charge in [0.2, 0.25) is 5.95 Å². The standard InChI is InChI=1S/C20H18F4N4O/c1-3-25-19-27-17(13-5-4-6-15(10-13)29-20(22,23)24)11-18(28-19)26-14-7-8-16(21)12(2)9-14/h4-11H,3H2,1-2H3,(H2,25,26,27,28). The Hall–Kier alpha value is -3.36. The van der Waals surface area contributed by atoms with Crippen LogP contribution in [-0.2, 0) is 0 Å². The van der Waals surface area contributed by atoms with Crippen LogP contribution < -0.4 is 15.4 Å². The van der Waals surface area contributed by atoms with Crippen LogP contribution in [-0.4, -0.2) is 22.9 Å². The molecule has 1 heterocycles. The molecular weight excluding hydrogens is 388 g/mol. The van der Waals surface area contributed by atoms with Crippen LogP contribution in [0.2, 0.25) is 0 Å². The normalized spacial score (nSPS) is 11.2. The number of benzene rings is 2. The number of ether oxygens (including phenoxy) is 1. The topological polar surface area (TPSA) is 59.1 Å². The van der Waals surface area contributed by atoms with Crippen LogP contribution in [0.5, 0.6) is 5.75 Å². The largest absolute Gasteiger partial charge is 0.573 e. The van der Waals surface area contributed by atoms with Crippen LogP contribution >= 0.6 is 0 Å². The number of aryl methyl sites for hydroxylation is 1. The first kappa shape index (κ1) is 20.4. The number of nitrogens with zero attached hydrogens (tertiary/aromatic N) is 2. The summed E-state index contributed by atoms with van der Waals surface area (Å²) in [5, 5.41) is 6.05. The fourth-order valence-electron chi connectivity index (χ4n) is 2.62. The molecule has 0 amide bonds. The molecule has 3 aromatic rings. The first-order chi connectivity index (χ1) is 13.7. The Labute approximate surface area is 164 Å². The SMILES string of the molecule is CCNc1nc(Nc2ccc(F)c(C)c2)cc(-c2cccc(OC(F)(F)F)c2)n1. The minimum absolute atomic E-state index is 0.300. The van der Waals surface area contributed by atoms with Crippen molar-refractivity contribution < 1.29 is 22.3 Å². The fraction of sp³-hybridized carbons (Fsp3) is 0.200. The zero-order chi connectivity index (χ0) is 21.0. The van der Waals surface area contributed by atoms with Gasteiger partial charge in [0.15, 0.2) is 0 Å². The number of halogens is 4. The highest BCUT2D eigenvalue weighted by atomic mass is 19.4. The number of anilines is 3. The molecule has 2 N–H and O–H groups in total. The minimum Gasteiger partial charge on any atom is -0.406 e. The monoisotopic (exact) mass is 406 g/mol. The molecule has 3 rings (SSSR count). The molecule has 0 aliphatic carbocycles. The average molecular weight is 406 g/mol. The summed E-state index contributed by atoms with van der Waals surface area (Å²) < 4.78 is 55.0. The molecule has 0 aliphatic rings. The maximum absolute atomic E-state index is 13.5. The van der Waals surface area contributed by atoms with Crippen LogP contribution in [0.15, 0.2) is 48.5 Å². The average Bonchev–Trinajstić information content (AvgIpc) is 2.64. The van der Waals surface area contributed by atoms with Gasteiger partial charge in [-0.25, -0.2) is 9.37 Å². The lowest BCUT2D eigenvalue weighted by Crippen LogP contribution is -2.17. The number of alkyl halides is 3. The molecule has 0 saturated heterocycles. The Kier molecular flexibility index (Phi) is 5.86. The van der Waals surface area contributed by atoms with E-state index in [0.717, 1.165) is 0 Å². The Balaban J connectivity index is 1.96. The second kappa shape index (κ2) is 8.34. The number of nitrogens with one attached hydrogen (secondary N) is 2. The van der Waals surface area contributed by atoms with E-state index in [0.29, 0.717) is 40.8 Å². The van der Waals surface area contributed by atoms with Gasteiger partial charge in [0, 0.05) is 23.9 Å². The third-order valence-corrected chi connectivity index (χ3v) is 3.85. The van der Waals surface area contributed by atoms with E-state index in [4.69, 9.17) is 0 Å². The number of rotatable bonds is 6. The van der Waals surface area contributed by atoms with Crippen molar-refractivity contribution >= 4 is 17.5 Å². The van der Waals surface area contributed by atoms with Gasteiger partial charge in [-0.1, -0.05) is 12.1 Å². The van der Waals surface area contributed by atoms with Crippen molar-refractivity contribution in [1.29, 1.82) is 0 Å². The van der Waals surface area contributed by atoms with Gasteiger partial charge < -0.3 is 15.4 Å². The summed E-state index contributed by atoms with van der Waals surface area (Å²) in [6.45, 7) is 4.06. The summed E-state index contributed by atoms with van der Waals surface area (Å²) in [4.78, 5) is 8.68. The molecule has 0 aliphatic heterocycles. The highest BCUT2D eigenvalue weighted by molar-refractivity contribution is 5.68. The lowest BCUT2D eigenvalue weighted by molar-refractivity contribution is -0.274. The quantitative estimate of drug-likeness (QED) is 0.517. The lowest BCUT2D eigenvalue weighted by Gasteiger charge is -2.13. The van der Waals surface area contributed by atoms with E-state index >= 15 is 0 Å². The van der Waals surface area contributed by atoms with E-state index in [2.05, 4.69) is 25.3 Å². The molecule has 1 aromatic heterocycles. The van der Waals surface area contributed by atoms with E-state index < -0.39 is 6.36 Å². The van der Waals surface area contributed by atoms with E-state index in [9.17, 15) is 17.6 Å².